The Morgan fingerprint density at radius 3 is 1.75 bits per heavy atom. The third kappa shape index (κ3) is 9.58. The van der Waals surface area contributed by atoms with E-state index in [9.17, 15) is 0 Å². The van der Waals surface area contributed by atoms with Gasteiger partial charge >= 0.3 is 20.1 Å². The molecular weight excluding hydrogens is 1020 g/mol. The predicted molar refractivity (Wildman–Crippen MR) is 280 cm³/mol. The van der Waals surface area contributed by atoms with Crippen LogP contribution in [0.1, 0.15) is 64.4 Å². The minimum atomic E-state index is -0.488. The van der Waals surface area contributed by atoms with Gasteiger partial charge in [0.05, 0.1) is 36.3 Å². The summed E-state index contributed by atoms with van der Waals surface area (Å²) in [5.41, 5.74) is 12.0. The SMILES string of the molecule is CC(C)c1cc(-c2ccccc2)cc(C(C)C)c1-n1ccnc1-c1[c-]cccc1.[2H]c1c([2H])c([2H])c(-c2ccccc2-c2cccc3c2[n+](-c2ccccc2-c2c([2H])c([2H])c([2H])c([2H])c2[2H])[c-]n3-c2[c-]cccc2)c([2H])c1[2H].[Ir+3]. The number of imidazole rings is 2. The molecule has 4 nitrogen and oxygen atoms in total. The van der Waals surface area contributed by atoms with Crippen molar-refractivity contribution in [1.82, 2.24) is 14.1 Å². The van der Waals surface area contributed by atoms with Crippen LogP contribution in [0.15, 0.2) is 231 Å². The molecule has 11 aromatic rings. The molecule has 0 spiro atoms. The molecule has 0 aliphatic carbocycles. The second-order valence-electron chi connectivity index (χ2n) is 16.8. The maximum Gasteiger partial charge on any atom is 3.00 e. The summed E-state index contributed by atoms with van der Waals surface area (Å²) in [6.45, 7) is 9.07. The number of fused-ring (bicyclic) bond motifs is 1. The first kappa shape index (κ1) is 35.5. The van der Waals surface area contributed by atoms with Crippen molar-refractivity contribution in [2.75, 3.05) is 0 Å². The number of hydrogen-bond donors (Lipinski definition) is 0. The van der Waals surface area contributed by atoms with Crippen LogP contribution in [0, 0.1) is 18.5 Å². The fourth-order valence-corrected chi connectivity index (χ4v) is 8.69. The predicted octanol–water partition coefficient (Wildman–Crippen LogP) is 15.8. The van der Waals surface area contributed by atoms with Crippen molar-refractivity contribution >= 4 is 11.0 Å². The van der Waals surface area contributed by atoms with Crippen LogP contribution in [0.4, 0.5) is 0 Å². The Bertz CT molecular complexity index is 3960. The molecular formula is C64H52IrN4+. The molecule has 0 unspecified atom stereocenters. The summed E-state index contributed by atoms with van der Waals surface area (Å²) >= 11 is 0. The third-order valence-electron chi connectivity index (χ3n) is 11.9. The molecule has 9 aromatic carbocycles. The van der Waals surface area contributed by atoms with Gasteiger partial charge in [0.15, 0.2) is 0 Å². The fraction of sp³-hybridized carbons (Fsp3) is 0.0938. The Morgan fingerprint density at radius 1 is 0.536 bits per heavy atom. The zero-order valence-electron chi connectivity index (χ0n) is 48.4. The Balaban J connectivity index is 0.000000215. The minimum absolute atomic E-state index is 0. The van der Waals surface area contributed by atoms with Crippen LogP contribution in [0.25, 0.3) is 84.0 Å². The topological polar surface area (TPSA) is 26.6 Å². The molecule has 0 atom stereocenters. The molecule has 0 saturated carbocycles. The van der Waals surface area contributed by atoms with Crippen molar-refractivity contribution in [1.29, 1.82) is 0 Å². The van der Waals surface area contributed by atoms with Gasteiger partial charge in [0.25, 0.3) is 6.33 Å². The average molecular weight is 1080 g/mol. The van der Waals surface area contributed by atoms with Gasteiger partial charge in [-0.25, -0.2) is 0 Å². The van der Waals surface area contributed by atoms with Crippen LogP contribution in [0.5, 0.6) is 0 Å². The smallest absolute Gasteiger partial charge is 0.340 e. The Labute approximate surface area is 434 Å². The van der Waals surface area contributed by atoms with E-state index >= 15 is 0 Å². The van der Waals surface area contributed by atoms with Gasteiger partial charge in [0.2, 0.25) is 0 Å². The van der Waals surface area contributed by atoms with Crippen LogP contribution in [-0.2, 0) is 20.1 Å². The van der Waals surface area contributed by atoms with E-state index in [-0.39, 0.29) is 55.4 Å². The van der Waals surface area contributed by atoms with Crippen molar-refractivity contribution in [3.63, 3.8) is 0 Å². The van der Waals surface area contributed by atoms with E-state index in [4.69, 9.17) is 13.7 Å². The Hall–Kier alpha value is -7.69. The van der Waals surface area contributed by atoms with E-state index < -0.39 is 36.3 Å². The first-order chi connectivity index (χ1) is 37.6. The maximum absolute atomic E-state index is 8.74. The Morgan fingerprint density at radius 2 is 1.12 bits per heavy atom. The second kappa shape index (κ2) is 21.1. The summed E-state index contributed by atoms with van der Waals surface area (Å²) in [6, 6.07) is 53.0. The van der Waals surface area contributed by atoms with Crippen LogP contribution >= 0.6 is 0 Å². The van der Waals surface area contributed by atoms with Crippen LogP contribution in [-0.4, -0.2) is 14.1 Å². The molecule has 2 aromatic heterocycles. The third-order valence-corrected chi connectivity index (χ3v) is 11.9. The zero-order chi connectivity index (χ0) is 55.1. The molecule has 5 heteroatoms. The van der Waals surface area contributed by atoms with Gasteiger partial charge in [-0.2, -0.15) is 30.3 Å². The molecule has 336 valence electrons. The molecule has 11 rings (SSSR count). The quantitative estimate of drug-likeness (QED) is 0.0990. The van der Waals surface area contributed by atoms with Gasteiger partial charge in [-0.15, -0.1) is 35.9 Å². The molecule has 0 saturated heterocycles. The van der Waals surface area contributed by atoms with Gasteiger partial charge in [-0.3, -0.25) is 9.55 Å². The minimum Gasteiger partial charge on any atom is -0.340 e. The van der Waals surface area contributed by atoms with Crippen molar-refractivity contribution in [3.05, 3.63) is 260 Å². The summed E-state index contributed by atoms with van der Waals surface area (Å²) in [5, 5.41) is 0. The standard InChI is InChI=1S/C37H25N2.C27H27N2.Ir/c1-4-15-28(16-5-1)31-21-10-11-23-33(31)34-24-14-26-36-37(34)39(27-38(36)30-19-8-3-9-20-30)35-25-13-12-22-32(35)29-17-6-2-7-18-29;1-19(2)24-17-23(21-11-7-5-8-12-21)18-25(20(3)4)26(24)29-16-15-28-27(29)22-13-9-6-10-14-22;/h1-19,21-26H;5-13,15-20H,1-4H3;/q2*-1;+3/i1D,2D,4D,5D,6D,7D,15D,16D,17D,18D;;. The van der Waals surface area contributed by atoms with Crippen LogP contribution in [0.3, 0.4) is 0 Å². The maximum atomic E-state index is 8.74. The number of rotatable bonds is 10. The van der Waals surface area contributed by atoms with Crippen molar-refractivity contribution in [2.45, 2.75) is 39.5 Å². The van der Waals surface area contributed by atoms with E-state index in [0.717, 1.165) is 11.4 Å². The van der Waals surface area contributed by atoms with Gasteiger partial charge in [0, 0.05) is 18.1 Å². The van der Waals surface area contributed by atoms with Crippen LogP contribution in [0.2, 0.25) is 0 Å². The van der Waals surface area contributed by atoms with Gasteiger partial charge in [0.1, 0.15) is 0 Å². The zero-order valence-corrected chi connectivity index (χ0v) is 40.8. The first-order valence-corrected chi connectivity index (χ1v) is 22.6. The monoisotopic (exact) mass is 1080 g/mol. The van der Waals surface area contributed by atoms with Gasteiger partial charge in [-0.1, -0.05) is 179 Å². The molecule has 0 amide bonds. The van der Waals surface area contributed by atoms with E-state index in [0.29, 0.717) is 56.5 Å². The van der Waals surface area contributed by atoms with Crippen molar-refractivity contribution < 1.29 is 38.4 Å². The van der Waals surface area contributed by atoms with E-state index in [1.54, 1.807) is 47.0 Å². The molecule has 0 fully saturated rings. The van der Waals surface area contributed by atoms with Gasteiger partial charge < -0.3 is 9.13 Å². The molecule has 0 N–H and O–H groups in total. The molecule has 69 heavy (non-hydrogen) atoms. The van der Waals surface area contributed by atoms with E-state index in [2.05, 4.69) is 110 Å². The normalized spacial score (nSPS) is 13.1. The molecule has 2 heterocycles. The molecule has 0 radical (unpaired) electrons. The van der Waals surface area contributed by atoms with Crippen LogP contribution < -0.4 is 4.57 Å². The molecule has 0 bridgehead atoms. The van der Waals surface area contributed by atoms with E-state index in [1.807, 2.05) is 77.5 Å². The summed E-state index contributed by atoms with van der Waals surface area (Å²) in [6.07, 6.45) is 7.38. The number of hydrogen-bond acceptors (Lipinski definition) is 1. The van der Waals surface area contributed by atoms with E-state index in [1.165, 1.54) is 27.9 Å². The van der Waals surface area contributed by atoms with Crippen molar-refractivity contribution in [2.24, 2.45) is 0 Å². The fourth-order valence-electron chi connectivity index (χ4n) is 8.69. The van der Waals surface area contributed by atoms with Gasteiger partial charge in [-0.05, 0) is 91.4 Å². The number of aromatic nitrogens is 4. The Kier molecular flexibility index (Phi) is 10.8. The summed E-state index contributed by atoms with van der Waals surface area (Å²) < 4.78 is 90.3. The van der Waals surface area contributed by atoms with Crippen molar-refractivity contribution in [3.8, 4) is 73.0 Å². The summed E-state index contributed by atoms with van der Waals surface area (Å²) in [4.78, 5) is 4.68. The number of benzene rings is 9. The first-order valence-electron chi connectivity index (χ1n) is 27.6. The summed E-state index contributed by atoms with van der Waals surface area (Å²) in [5.74, 6) is 1.71. The second-order valence-corrected chi connectivity index (χ2v) is 16.8. The molecule has 0 aliphatic rings. The molecule has 0 aliphatic heterocycles. The average Bonchev–Trinajstić information content (AvgIpc) is 4.24. The number of para-hydroxylation sites is 3. The number of nitrogens with zero attached hydrogens (tertiary/aromatic N) is 4. The summed E-state index contributed by atoms with van der Waals surface area (Å²) in [7, 11) is 0. The largest absolute Gasteiger partial charge is 3.00 e.